The minimum absolute atomic E-state index is 0.0134. The highest BCUT2D eigenvalue weighted by Crippen LogP contribution is 2.17. The van der Waals surface area contributed by atoms with Gasteiger partial charge in [0.15, 0.2) is 0 Å². The van der Waals surface area contributed by atoms with Crippen molar-refractivity contribution in [2.24, 2.45) is 0 Å². The molecule has 0 aliphatic rings. The maximum absolute atomic E-state index is 13.0. The Labute approximate surface area is 127 Å². The lowest BCUT2D eigenvalue weighted by Crippen LogP contribution is -2.23. The number of benzene rings is 1. The van der Waals surface area contributed by atoms with E-state index in [9.17, 15) is 12.8 Å². The van der Waals surface area contributed by atoms with E-state index in [1.54, 1.807) is 7.05 Å². The summed E-state index contributed by atoms with van der Waals surface area (Å²) in [5.74, 6) is -0.0984. The lowest BCUT2D eigenvalue weighted by molar-refractivity contribution is 0.581. The van der Waals surface area contributed by atoms with E-state index in [0.717, 1.165) is 0 Å². The van der Waals surface area contributed by atoms with Crippen LogP contribution >= 0.6 is 11.6 Å². The molecule has 0 aliphatic carbocycles. The van der Waals surface area contributed by atoms with Crippen molar-refractivity contribution in [1.29, 1.82) is 0 Å². The van der Waals surface area contributed by atoms with Gasteiger partial charge in [-0.3, -0.25) is 0 Å². The molecule has 0 atom stereocenters. The summed E-state index contributed by atoms with van der Waals surface area (Å²) in [4.78, 5) is 4.04. The van der Waals surface area contributed by atoms with E-state index in [4.69, 9.17) is 11.6 Å². The van der Waals surface area contributed by atoms with E-state index in [1.165, 1.54) is 36.5 Å². The Bertz CT molecular complexity index is 753. The second kappa shape index (κ2) is 6.38. The van der Waals surface area contributed by atoms with Crippen LogP contribution in [0.4, 0.5) is 10.2 Å². The number of pyridine rings is 1. The number of sulfonamides is 1. The monoisotopic (exact) mass is 329 g/mol. The molecule has 21 heavy (non-hydrogen) atoms. The van der Waals surface area contributed by atoms with Crippen LogP contribution < -0.4 is 10.0 Å². The van der Waals surface area contributed by atoms with Gasteiger partial charge in [-0.15, -0.1) is 0 Å². The van der Waals surface area contributed by atoms with Gasteiger partial charge in [0.25, 0.3) is 0 Å². The molecule has 2 aromatic rings. The van der Waals surface area contributed by atoms with Gasteiger partial charge in [-0.05, 0) is 23.8 Å². The zero-order chi connectivity index (χ0) is 15.5. The lowest BCUT2D eigenvalue weighted by atomic mass is 10.2. The number of nitrogens with one attached hydrogen (secondary N) is 2. The Morgan fingerprint density at radius 1 is 1.29 bits per heavy atom. The lowest BCUT2D eigenvalue weighted by Gasteiger charge is -2.08. The van der Waals surface area contributed by atoms with Crippen LogP contribution in [0.1, 0.15) is 5.56 Å². The molecule has 0 unspecified atom stereocenters. The highest BCUT2D eigenvalue weighted by atomic mass is 35.5. The third-order valence-electron chi connectivity index (χ3n) is 2.75. The normalized spacial score (nSPS) is 11.4. The fourth-order valence-electron chi connectivity index (χ4n) is 1.63. The first-order chi connectivity index (χ1) is 9.92. The smallest absolute Gasteiger partial charge is 0.241 e. The predicted molar refractivity (Wildman–Crippen MR) is 79.2 cm³/mol. The number of halogens is 2. The molecule has 0 bridgehead atoms. The quantitative estimate of drug-likeness (QED) is 0.883. The van der Waals surface area contributed by atoms with Gasteiger partial charge in [-0.1, -0.05) is 17.7 Å². The minimum atomic E-state index is -3.68. The molecule has 0 amide bonds. The minimum Gasteiger partial charge on any atom is -0.373 e. The van der Waals surface area contributed by atoms with Gasteiger partial charge in [0.05, 0.1) is 9.92 Å². The number of hydrogen-bond acceptors (Lipinski definition) is 4. The molecule has 0 aliphatic heterocycles. The van der Waals surface area contributed by atoms with Crippen molar-refractivity contribution in [3.63, 3.8) is 0 Å². The summed E-state index contributed by atoms with van der Waals surface area (Å²) in [5, 5.41) is 2.72. The predicted octanol–water partition coefficient (Wildman–Crippen LogP) is 2.39. The number of rotatable bonds is 5. The molecule has 8 heteroatoms. The average molecular weight is 330 g/mol. The van der Waals surface area contributed by atoms with Gasteiger partial charge in [0.2, 0.25) is 10.0 Å². The van der Waals surface area contributed by atoms with E-state index < -0.39 is 15.8 Å². The summed E-state index contributed by atoms with van der Waals surface area (Å²) < 4.78 is 39.8. The molecular formula is C13H13ClFN3O2S. The first-order valence-electron chi connectivity index (χ1n) is 6.00. The first kappa shape index (κ1) is 15.7. The summed E-state index contributed by atoms with van der Waals surface area (Å²) in [7, 11) is -2.04. The van der Waals surface area contributed by atoms with Gasteiger partial charge in [-0.25, -0.2) is 22.5 Å². The molecule has 0 saturated carbocycles. The molecule has 0 radical (unpaired) electrons. The standard InChI is InChI=1S/C13H13ClFN3O2S/c1-16-13-7-10(4-5-17-13)21(19,20)18-8-9-2-3-12(15)11(14)6-9/h2-7,18H,8H2,1H3,(H,16,17). The number of aromatic nitrogens is 1. The molecule has 1 aromatic carbocycles. The average Bonchev–Trinajstić information content (AvgIpc) is 2.48. The molecule has 5 nitrogen and oxygen atoms in total. The van der Waals surface area contributed by atoms with Crippen LogP contribution in [0.25, 0.3) is 0 Å². The third-order valence-corrected chi connectivity index (χ3v) is 4.44. The van der Waals surface area contributed by atoms with Crippen LogP contribution in [0.3, 0.4) is 0 Å². The Kier molecular flexibility index (Phi) is 4.76. The van der Waals surface area contributed by atoms with Crippen LogP contribution in [-0.4, -0.2) is 20.4 Å². The molecule has 2 rings (SSSR count). The fraction of sp³-hybridized carbons (Fsp3) is 0.154. The summed E-state index contributed by atoms with van der Waals surface area (Å²) in [6, 6.07) is 6.85. The SMILES string of the molecule is CNc1cc(S(=O)(=O)NCc2ccc(F)c(Cl)c2)ccn1. The zero-order valence-corrected chi connectivity index (χ0v) is 12.7. The van der Waals surface area contributed by atoms with Crippen LogP contribution in [0.15, 0.2) is 41.4 Å². The van der Waals surface area contributed by atoms with E-state index in [1.807, 2.05) is 0 Å². The number of hydrogen-bond donors (Lipinski definition) is 2. The third kappa shape index (κ3) is 3.90. The Balaban J connectivity index is 2.15. The summed E-state index contributed by atoms with van der Waals surface area (Å²) >= 11 is 5.65. The van der Waals surface area contributed by atoms with E-state index in [2.05, 4.69) is 15.0 Å². The molecule has 0 saturated heterocycles. The highest BCUT2D eigenvalue weighted by molar-refractivity contribution is 7.89. The maximum Gasteiger partial charge on any atom is 0.241 e. The van der Waals surface area contributed by atoms with Crippen LogP contribution in [0, 0.1) is 5.82 Å². The Morgan fingerprint density at radius 3 is 2.71 bits per heavy atom. The van der Waals surface area contributed by atoms with Crippen molar-refractivity contribution in [3.8, 4) is 0 Å². The van der Waals surface area contributed by atoms with E-state index in [-0.39, 0.29) is 16.5 Å². The van der Waals surface area contributed by atoms with Crippen molar-refractivity contribution in [2.75, 3.05) is 12.4 Å². The fourth-order valence-corrected chi connectivity index (χ4v) is 2.86. The van der Waals surface area contributed by atoms with Crippen molar-refractivity contribution < 1.29 is 12.8 Å². The molecule has 2 N–H and O–H groups in total. The zero-order valence-electron chi connectivity index (χ0n) is 11.1. The molecular weight excluding hydrogens is 317 g/mol. The van der Waals surface area contributed by atoms with Gasteiger partial charge in [-0.2, -0.15) is 0 Å². The maximum atomic E-state index is 13.0. The van der Waals surface area contributed by atoms with Crippen LogP contribution in [0.5, 0.6) is 0 Å². The van der Waals surface area contributed by atoms with Gasteiger partial charge < -0.3 is 5.32 Å². The Hall–Kier alpha value is -1.70. The van der Waals surface area contributed by atoms with E-state index in [0.29, 0.717) is 11.4 Å². The molecule has 112 valence electrons. The highest BCUT2D eigenvalue weighted by Gasteiger charge is 2.14. The van der Waals surface area contributed by atoms with E-state index >= 15 is 0 Å². The molecule has 0 fully saturated rings. The summed E-state index contributed by atoms with van der Waals surface area (Å²) in [6.45, 7) is 0.0134. The Morgan fingerprint density at radius 2 is 2.05 bits per heavy atom. The summed E-state index contributed by atoms with van der Waals surface area (Å²) in [5.41, 5.74) is 0.563. The topological polar surface area (TPSA) is 71.1 Å². The van der Waals surface area contributed by atoms with Gasteiger partial charge in [0.1, 0.15) is 11.6 Å². The molecule has 1 heterocycles. The second-order valence-corrected chi connectivity index (χ2v) is 6.37. The largest absolute Gasteiger partial charge is 0.373 e. The molecule has 0 spiro atoms. The van der Waals surface area contributed by atoms with Crippen molar-refractivity contribution in [1.82, 2.24) is 9.71 Å². The second-order valence-electron chi connectivity index (χ2n) is 4.20. The summed E-state index contributed by atoms with van der Waals surface area (Å²) in [6.07, 6.45) is 1.40. The first-order valence-corrected chi connectivity index (χ1v) is 7.86. The number of nitrogens with zero attached hydrogens (tertiary/aromatic N) is 1. The van der Waals surface area contributed by atoms with Gasteiger partial charge >= 0.3 is 0 Å². The number of anilines is 1. The molecule has 1 aromatic heterocycles. The van der Waals surface area contributed by atoms with Crippen LogP contribution in [-0.2, 0) is 16.6 Å². The van der Waals surface area contributed by atoms with Gasteiger partial charge in [0, 0.05) is 25.9 Å². The van der Waals surface area contributed by atoms with Crippen molar-refractivity contribution in [2.45, 2.75) is 11.4 Å². The van der Waals surface area contributed by atoms with Crippen LogP contribution in [0.2, 0.25) is 5.02 Å². The van der Waals surface area contributed by atoms with Crippen molar-refractivity contribution >= 4 is 27.4 Å². The van der Waals surface area contributed by atoms with Crippen molar-refractivity contribution in [3.05, 3.63) is 52.9 Å².